The van der Waals surface area contributed by atoms with Gasteiger partial charge in [-0.3, -0.25) is 9.59 Å². The molecule has 0 spiro atoms. The average Bonchev–Trinajstić information content (AvgIpc) is 2.74. The molecule has 0 aliphatic carbocycles. The Morgan fingerprint density at radius 3 is 2.50 bits per heavy atom. The minimum atomic E-state index is -3.58. The van der Waals surface area contributed by atoms with Crippen molar-refractivity contribution < 1.29 is 22.7 Å². The molecule has 0 unspecified atom stereocenters. The molecular formula is C22H24N2O5S. The predicted molar refractivity (Wildman–Crippen MR) is 112 cm³/mol. The van der Waals surface area contributed by atoms with Gasteiger partial charge in [0.2, 0.25) is 10.0 Å². The normalized spacial score (nSPS) is 17.7. The van der Waals surface area contributed by atoms with Gasteiger partial charge in [0, 0.05) is 24.6 Å². The number of piperidine rings is 1. The van der Waals surface area contributed by atoms with Crippen molar-refractivity contribution >= 4 is 27.4 Å². The molecule has 1 saturated heterocycles. The summed E-state index contributed by atoms with van der Waals surface area (Å²) in [6, 6.07) is 10.2. The Hall–Kier alpha value is -2.71. The first-order valence-electron chi connectivity index (χ1n) is 9.94. The molecule has 1 N–H and O–H groups in total. The molecule has 2 aromatic carbocycles. The summed E-state index contributed by atoms with van der Waals surface area (Å²) in [6.07, 6.45) is 0.922. The molecule has 0 aromatic heterocycles. The number of Topliss-reactive ketones (excluding diaryl/α,β-unsaturated/α-hetero) is 1. The van der Waals surface area contributed by atoms with E-state index in [1.165, 1.54) is 4.31 Å². The molecule has 4 rings (SSSR count). The Bertz CT molecular complexity index is 1120. The van der Waals surface area contributed by atoms with Crippen LogP contribution in [-0.4, -0.2) is 44.1 Å². The van der Waals surface area contributed by atoms with Crippen molar-refractivity contribution in [1.29, 1.82) is 0 Å². The van der Waals surface area contributed by atoms with Crippen molar-refractivity contribution in [2.24, 2.45) is 5.92 Å². The molecule has 2 aromatic rings. The molecule has 2 aliphatic heterocycles. The maximum atomic E-state index is 13.0. The SMILES string of the molecule is Cc1ccc(S(=O)(=O)N2CCC(C(=O)c3ccc4c(c3)NC(=O)CO4)CC2)cc1C. The summed E-state index contributed by atoms with van der Waals surface area (Å²) in [5.41, 5.74) is 2.97. The predicted octanol–water partition coefficient (Wildman–Crippen LogP) is 2.92. The van der Waals surface area contributed by atoms with E-state index in [0.717, 1.165) is 11.1 Å². The van der Waals surface area contributed by atoms with Crippen molar-refractivity contribution in [1.82, 2.24) is 4.31 Å². The lowest BCUT2D eigenvalue weighted by Gasteiger charge is -2.31. The van der Waals surface area contributed by atoms with Crippen molar-refractivity contribution in [3.05, 3.63) is 53.1 Å². The number of fused-ring (bicyclic) bond motifs is 1. The smallest absolute Gasteiger partial charge is 0.262 e. The largest absolute Gasteiger partial charge is 0.482 e. The zero-order valence-electron chi connectivity index (χ0n) is 17.0. The second kappa shape index (κ2) is 7.85. The van der Waals surface area contributed by atoms with Gasteiger partial charge in [-0.25, -0.2) is 8.42 Å². The van der Waals surface area contributed by atoms with Crippen molar-refractivity contribution in [3.63, 3.8) is 0 Å². The molecule has 0 atom stereocenters. The van der Waals surface area contributed by atoms with Gasteiger partial charge >= 0.3 is 0 Å². The lowest BCUT2D eigenvalue weighted by molar-refractivity contribution is -0.118. The quantitative estimate of drug-likeness (QED) is 0.756. The van der Waals surface area contributed by atoms with Gasteiger partial charge in [0.15, 0.2) is 12.4 Å². The van der Waals surface area contributed by atoms with Crippen LogP contribution in [-0.2, 0) is 14.8 Å². The van der Waals surface area contributed by atoms with Crippen molar-refractivity contribution in [2.45, 2.75) is 31.6 Å². The number of rotatable bonds is 4. The van der Waals surface area contributed by atoms with Crippen LogP contribution in [0.4, 0.5) is 5.69 Å². The minimum absolute atomic E-state index is 0.0340. The Morgan fingerprint density at radius 1 is 1.07 bits per heavy atom. The average molecular weight is 429 g/mol. The van der Waals surface area contributed by atoms with Crippen LogP contribution in [0.25, 0.3) is 0 Å². The summed E-state index contributed by atoms with van der Waals surface area (Å²) >= 11 is 0. The van der Waals surface area contributed by atoms with Crippen molar-refractivity contribution in [2.75, 3.05) is 25.0 Å². The van der Waals surface area contributed by atoms with Crippen LogP contribution in [0.5, 0.6) is 5.75 Å². The first kappa shape index (κ1) is 20.6. The number of carbonyl (C=O) groups is 2. The molecule has 1 amide bonds. The third-order valence-corrected chi connectivity index (χ3v) is 7.73. The van der Waals surface area contributed by atoms with Gasteiger partial charge in [-0.2, -0.15) is 4.31 Å². The monoisotopic (exact) mass is 428 g/mol. The molecule has 0 bridgehead atoms. The highest BCUT2D eigenvalue weighted by molar-refractivity contribution is 7.89. The third-order valence-electron chi connectivity index (χ3n) is 5.84. The molecule has 30 heavy (non-hydrogen) atoms. The second-order valence-electron chi connectivity index (χ2n) is 7.84. The minimum Gasteiger partial charge on any atom is -0.482 e. The number of carbonyl (C=O) groups excluding carboxylic acids is 2. The van der Waals surface area contributed by atoms with Gasteiger partial charge in [0.05, 0.1) is 10.6 Å². The molecule has 2 heterocycles. The molecule has 0 saturated carbocycles. The van der Waals surface area contributed by atoms with E-state index in [0.29, 0.717) is 47.8 Å². The molecule has 7 nitrogen and oxygen atoms in total. The van der Waals surface area contributed by atoms with Crippen molar-refractivity contribution in [3.8, 4) is 5.75 Å². The van der Waals surface area contributed by atoms with Crippen LogP contribution in [0.3, 0.4) is 0 Å². The zero-order valence-corrected chi connectivity index (χ0v) is 17.8. The van der Waals surface area contributed by atoms with Gasteiger partial charge < -0.3 is 10.1 Å². The number of nitrogens with zero attached hydrogens (tertiary/aromatic N) is 1. The van der Waals surface area contributed by atoms with Crippen LogP contribution in [0.15, 0.2) is 41.3 Å². The fourth-order valence-corrected chi connectivity index (χ4v) is 5.41. The number of sulfonamides is 1. The summed E-state index contributed by atoms with van der Waals surface area (Å²) in [5, 5.41) is 2.71. The maximum absolute atomic E-state index is 13.0. The Kier molecular flexibility index (Phi) is 5.38. The summed E-state index contributed by atoms with van der Waals surface area (Å²) in [6.45, 7) is 4.41. The van der Waals surface area contributed by atoms with E-state index in [2.05, 4.69) is 5.32 Å². The summed E-state index contributed by atoms with van der Waals surface area (Å²) in [7, 11) is -3.58. The Morgan fingerprint density at radius 2 is 1.80 bits per heavy atom. The van der Waals surface area contributed by atoms with E-state index >= 15 is 0 Å². The fraction of sp³-hybridized carbons (Fsp3) is 0.364. The lowest BCUT2D eigenvalue weighted by atomic mass is 9.89. The van der Waals surface area contributed by atoms with E-state index in [-0.39, 0.29) is 24.2 Å². The van der Waals surface area contributed by atoms with E-state index in [1.807, 2.05) is 19.9 Å². The number of ether oxygens (including phenoxy) is 1. The van der Waals surface area contributed by atoms with Gasteiger partial charge in [0.25, 0.3) is 5.91 Å². The van der Waals surface area contributed by atoms with Crippen LogP contribution in [0.1, 0.15) is 34.3 Å². The zero-order chi connectivity index (χ0) is 21.5. The standard InChI is InChI=1S/C22H24N2O5S/c1-14-3-5-18(11-15(14)2)30(27,28)24-9-7-16(8-10-24)22(26)17-4-6-20-19(12-17)23-21(25)13-29-20/h3-6,11-12,16H,7-10,13H2,1-2H3,(H,23,25). The Balaban J connectivity index is 1.45. The van der Waals surface area contributed by atoms with Crippen LogP contribution >= 0.6 is 0 Å². The number of nitrogens with one attached hydrogen (secondary N) is 1. The first-order chi connectivity index (χ1) is 14.3. The molecule has 158 valence electrons. The Labute approximate surface area is 176 Å². The van der Waals surface area contributed by atoms with Crippen LogP contribution < -0.4 is 10.1 Å². The fourth-order valence-electron chi connectivity index (χ4n) is 3.85. The molecular weight excluding hydrogens is 404 g/mol. The number of ketones is 1. The molecule has 8 heteroatoms. The van der Waals surface area contributed by atoms with E-state index in [9.17, 15) is 18.0 Å². The molecule has 1 fully saturated rings. The summed E-state index contributed by atoms with van der Waals surface area (Å²) in [4.78, 5) is 24.8. The van der Waals surface area contributed by atoms with Gasteiger partial charge in [-0.15, -0.1) is 0 Å². The molecule has 2 aliphatic rings. The van der Waals surface area contributed by atoms with Crippen LogP contribution in [0, 0.1) is 19.8 Å². The number of aryl methyl sites for hydroxylation is 2. The van der Waals surface area contributed by atoms with Gasteiger partial charge in [-0.1, -0.05) is 6.07 Å². The third kappa shape index (κ3) is 3.85. The van der Waals surface area contributed by atoms with Gasteiger partial charge in [-0.05, 0) is 68.1 Å². The van der Waals surface area contributed by atoms with E-state index < -0.39 is 10.0 Å². The topological polar surface area (TPSA) is 92.8 Å². The summed E-state index contributed by atoms with van der Waals surface area (Å²) in [5.74, 6) is -0.00674. The number of amides is 1. The van der Waals surface area contributed by atoms with E-state index in [1.54, 1.807) is 30.3 Å². The highest BCUT2D eigenvalue weighted by atomic mass is 32.2. The number of benzene rings is 2. The number of hydrogen-bond acceptors (Lipinski definition) is 5. The number of hydrogen-bond donors (Lipinski definition) is 1. The first-order valence-corrected chi connectivity index (χ1v) is 11.4. The maximum Gasteiger partial charge on any atom is 0.262 e. The number of anilines is 1. The highest BCUT2D eigenvalue weighted by Crippen LogP contribution is 2.32. The summed E-state index contributed by atoms with van der Waals surface area (Å²) < 4.78 is 32.7. The second-order valence-corrected chi connectivity index (χ2v) is 9.77. The highest BCUT2D eigenvalue weighted by Gasteiger charge is 2.33. The van der Waals surface area contributed by atoms with Crippen LogP contribution in [0.2, 0.25) is 0 Å². The lowest BCUT2D eigenvalue weighted by Crippen LogP contribution is -2.40. The van der Waals surface area contributed by atoms with Gasteiger partial charge in [0.1, 0.15) is 5.75 Å². The molecule has 0 radical (unpaired) electrons. The van der Waals surface area contributed by atoms with E-state index in [4.69, 9.17) is 4.74 Å².